The van der Waals surface area contributed by atoms with Crippen molar-refractivity contribution in [2.45, 2.75) is 0 Å². The van der Waals surface area contributed by atoms with Crippen molar-refractivity contribution in [1.82, 2.24) is 4.98 Å². The second-order valence-corrected chi connectivity index (χ2v) is 9.12. The number of pyridine rings is 1. The van der Waals surface area contributed by atoms with Crippen molar-refractivity contribution in [1.29, 1.82) is 0 Å². The number of aromatic nitrogens is 1. The van der Waals surface area contributed by atoms with E-state index in [-0.39, 0.29) is 11.8 Å². The smallest absolute Gasteiger partial charge is 0.265 e. The summed E-state index contributed by atoms with van der Waals surface area (Å²) in [5.41, 5.74) is 5.85. The maximum Gasteiger partial charge on any atom is 0.265 e. The van der Waals surface area contributed by atoms with Crippen LogP contribution in [0.3, 0.4) is 0 Å². The number of rotatable bonds is 3. The maximum absolute atomic E-state index is 13.6. The minimum absolute atomic E-state index is 0.303. The highest BCUT2D eigenvalue weighted by Crippen LogP contribution is 2.41. The van der Waals surface area contributed by atoms with Crippen molar-refractivity contribution >= 4 is 39.0 Å². The number of anilines is 1. The molecule has 1 aliphatic heterocycles. The fourth-order valence-electron chi connectivity index (χ4n) is 5.45. The molecule has 2 heterocycles. The molecule has 0 saturated carbocycles. The molecule has 2 amide bonds. The quantitative estimate of drug-likeness (QED) is 0.248. The van der Waals surface area contributed by atoms with Gasteiger partial charge in [-0.3, -0.25) is 14.6 Å². The predicted molar refractivity (Wildman–Crippen MR) is 148 cm³/mol. The molecule has 174 valence electrons. The molecule has 0 spiro atoms. The van der Waals surface area contributed by atoms with Crippen LogP contribution in [0.4, 0.5) is 5.69 Å². The molecule has 1 aromatic heterocycles. The van der Waals surface area contributed by atoms with E-state index in [2.05, 4.69) is 35.3 Å². The van der Waals surface area contributed by atoms with Crippen LogP contribution in [0.2, 0.25) is 0 Å². The van der Waals surface area contributed by atoms with Crippen LogP contribution in [0.25, 0.3) is 43.8 Å². The molecule has 0 N–H and O–H groups in total. The number of amides is 2. The number of hydrogen-bond donors (Lipinski definition) is 0. The van der Waals surface area contributed by atoms with Gasteiger partial charge in [0.2, 0.25) is 0 Å². The summed E-state index contributed by atoms with van der Waals surface area (Å²) in [5.74, 6) is -0.605. The molecule has 37 heavy (non-hydrogen) atoms. The first-order valence-electron chi connectivity index (χ1n) is 12.1. The fraction of sp³-hybridized carbons (Fsp3) is 0. The average Bonchev–Trinajstić information content (AvgIpc) is 2.96. The first kappa shape index (κ1) is 21.2. The highest BCUT2D eigenvalue weighted by atomic mass is 16.2. The normalized spacial score (nSPS) is 12.9. The number of benzene rings is 5. The second-order valence-electron chi connectivity index (χ2n) is 9.12. The van der Waals surface area contributed by atoms with Crippen molar-refractivity contribution in [2.24, 2.45) is 0 Å². The summed E-state index contributed by atoms with van der Waals surface area (Å²) in [6, 6.07) is 35.2. The van der Waals surface area contributed by atoms with Gasteiger partial charge in [-0.25, -0.2) is 4.90 Å². The summed E-state index contributed by atoms with van der Waals surface area (Å²) in [6.45, 7) is 0. The first-order chi connectivity index (χ1) is 18.2. The van der Waals surface area contributed by atoms with Gasteiger partial charge in [0.25, 0.3) is 11.8 Å². The first-order valence-corrected chi connectivity index (χ1v) is 12.1. The van der Waals surface area contributed by atoms with Crippen LogP contribution in [0, 0.1) is 0 Å². The summed E-state index contributed by atoms with van der Waals surface area (Å²) >= 11 is 0. The van der Waals surface area contributed by atoms with Gasteiger partial charge in [-0.2, -0.15) is 0 Å². The van der Waals surface area contributed by atoms with E-state index in [1.54, 1.807) is 18.3 Å². The van der Waals surface area contributed by atoms with Gasteiger partial charge in [0.15, 0.2) is 0 Å². The van der Waals surface area contributed by atoms with Crippen LogP contribution in [-0.4, -0.2) is 16.8 Å². The van der Waals surface area contributed by atoms with Crippen molar-refractivity contribution in [3.05, 3.63) is 133 Å². The predicted octanol–water partition coefficient (Wildman–Crippen LogP) is 7.52. The fourth-order valence-corrected chi connectivity index (χ4v) is 5.45. The molecule has 1 aliphatic rings. The van der Waals surface area contributed by atoms with Gasteiger partial charge < -0.3 is 0 Å². The summed E-state index contributed by atoms with van der Waals surface area (Å²) in [5, 5.41) is 3.83. The zero-order valence-electron chi connectivity index (χ0n) is 19.8. The summed E-state index contributed by atoms with van der Waals surface area (Å²) < 4.78 is 0. The Kier molecular flexibility index (Phi) is 4.73. The van der Waals surface area contributed by atoms with Gasteiger partial charge in [-0.1, -0.05) is 78.9 Å². The van der Waals surface area contributed by atoms with E-state index < -0.39 is 0 Å². The van der Waals surface area contributed by atoms with Gasteiger partial charge in [-0.05, 0) is 63.2 Å². The topological polar surface area (TPSA) is 50.3 Å². The SMILES string of the molecule is O=C1c2cccc3c(-c4ccc(-c5cccnc5)c5ccccc45)ccc(c23)C(=O)N1c1ccccc1. The Hall–Kier alpha value is -5.09. The molecule has 5 aromatic carbocycles. The summed E-state index contributed by atoms with van der Waals surface area (Å²) in [6.07, 6.45) is 3.65. The van der Waals surface area contributed by atoms with Crippen molar-refractivity contribution < 1.29 is 9.59 Å². The lowest BCUT2D eigenvalue weighted by atomic mass is 9.86. The Bertz CT molecular complexity index is 1840. The Morgan fingerprint density at radius 3 is 1.81 bits per heavy atom. The summed E-state index contributed by atoms with van der Waals surface area (Å²) in [4.78, 5) is 32.7. The van der Waals surface area contributed by atoms with Gasteiger partial charge in [-0.15, -0.1) is 0 Å². The van der Waals surface area contributed by atoms with Gasteiger partial charge in [0.1, 0.15) is 0 Å². The highest BCUT2D eigenvalue weighted by Gasteiger charge is 2.34. The maximum atomic E-state index is 13.6. The lowest BCUT2D eigenvalue weighted by Gasteiger charge is -2.28. The third kappa shape index (κ3) is 3.20. The van der Waals surface area contributed by atoms with Gasteiger partial charge in [0, 0.05) is 34.5 Å². The van der Waals surface area contributed by atoms with Crippen LogP contribution in [-0.2, 0) is 0 Å². The Balaban J connectivity index is 1.46. The molecule has 0 radical (unpaired) electrons. The minimum Gasteiger partial charge on any atom is -0.268 e. The van der Waals surface area contributed by atoms with Crippen LogP contribution in [0.5, 0.6) is 0 Å². The molecular weight excluding hydrogens is 456 g/mol. The third-order valence-corrected chi connectivity index (χ3v) is 7.11. The Morgan fingerprint density at radius 1 is 0.486 bits per heavy atom. The minimum atomic E-state index is -0.303. The Labute approximate surface area is 213 Å². The van der Waals surface area contributed by atoms with Crippen molar-refractivity contribution in [2.75, 3.05) is 4.90 Å². The molecule has 4 heteroatoms. The number of imide groups is 1. The molecule has 0 bridgehead atoms. The van der Waals surface area contributed by atoms with Crippen LogP contribution in [0.1, 0.15) is 20.7 Å². The number of fused-ring (bicyclic) bond motifs is 1. The second kappa shape index (κ2) is 8.25. The van der Waals surface area contributed by atoms with E-state index in [1.165, 1.54) is 4.90 Å². The van der Waals surface area contributed by atoms with Crippen LogP contribution < -0.4 is 4.90 Å². The molecule has 0 atom stereocenters. The third-order valence-electron chi connectivity index (χ3n) is 7.11. The molecule has 6 aromatic rings. The summed E-state index contributed by atoms with van der Waals surface area (Å²) in [7, 11) is 0. The number of nitrogens with zero attached hydrogens (tertiary/aromatic N) is 2. The standard InChI is InChI=1S/C33H20N2O2/c36-32-29-14-6-13-28-27(17-18-30(31(28)29)33(37)35(32)22-9-2-1-3-10-22)26-16-15-23(21-8-7-19-34-20-21)24-11-4-5-12-25(24)26/h1-20H. The lowest BCUT2D eigenvalue weighted by Crippen LogP contribution is -2.40. The molecule has 7 rings (SSSR count). The number of carbonyl (C=O) groups is 2. The van der Waals surface area contributed by atoms with Gasteiger partial charge in [0.05, 0.1) is 5.69 Å². The molecule has 0 aliphatic carbocycles. The Morgan fingerprint density at radius 2 is 1.08 bits per heavy atom. The van der Waals surface area contributed by atoms with E-state index in [4.69, 9.17) is 0 Å². The number of carbonyl (C=O) groups excluding carboxylic acids is 2. The zero-order chi connectivity index (χ0) is 24.9. The van der Waals surface area contributed by atoms with E-state index in [1.807, 2.05) is 72.9 Å². The number of para-hydroxylation sites is 1. The molecule has 0 saturated heterocycles. The van der Waals surface area contributed by atoms with Crippen molar-refractivity contribution in [3.63, 3.8) is 0 Å². The van der Waals surface area contributed by atoms with E-state index in [0.717, 1.165) is 38.4 Å². The van der Waals surface area contributed by atoms with E-state index in [9.17, 15) is 9.59 Å². The largest absolute Gasteiger partial charge is 0.268 e. The lowest BCUT2D eigenvalue weighted by molar-refractivity contribution is 0.0893. The highest BCUT2D eigenvalue weighted by molar-refractivity contribution is 6.36. The average molecular weight is 477 g/mol. The monoisotopic (exact) mass is 476 g/mol. The van der Waals surface area contributed by atoms with Gasteiger partial charge >= 0.3 is 0 Å². The van der Waals surface area contributed by atoms with Crippen LogP contribution in [0.15, 0.2) is 122 Å². The van der Waals surface area contributed by atoms with Crippen molar-refractivity contribution in [3.8, 4) is 22.3 Å². The molecule has 0 fully saturated rings. The number of hydrogen-bond acceptors (Lipinski definition) is 3. The molecule has 4 nitrogen and oxygen atoms in total. The van der Waals surface area contributed by atoms with Crippen LogP contribution >= 0.6 is 0 Å². The molecule has 0 unspecified atom stereocenters. The van der Waals surface area contributed by atoms with E-state index >= 15 is 0 Å². The zero-order valence-corrected chi connectivity index (χ0v) is 19.8. The van der Waals surface area contributed by atoms with E-state index in [0.29, 0.717) is 22.2 Å². The molecular formula is C33H20N2O2.